The van der Waals surface area contributed by atoms with Gasteiger partial charge in [-0.3, -0.25) is 4.98 Å². The van der Waals surface area contributed by atoms with Gasteiger partial charge in [-0.1, -0.05) is 12.1 Å². The van der Waals surface area contributed by atoms with Crippen LogP contribution in [0.15, 0.2) is 48.8 Å². The molecule has 4 aromatic rings. The van der Waals surface area contributed by atoms with Gasteiger partial charge in [0, 0.05) is 29.4 Å². The van der Waals surface area contributed by atoms with E-state index in [4.69, 9.17) is 9.97 Å². The van der Waals surface area contributed by atoms with E-state index in [1.165, 1.54) is 35.4 Å². The second kappa shape index (κ2) is 7.28. The monoisotopic (exact) mass is 390 g/mol. The number of nitrogens with one attached hydrogen (secondary N) is 1. The highest BCUT2D eigenvalue weighted by molar-refractivity contribution is 7.19. The number of hydrogen-bond donors (Lipinski definition) is 1. The van der Waals surface area contributed by atoms with Crippen LogP contribution in [0, 0.1) is 5.82 Å². The Kier molecular flexibility index (Phi) is 4.49. The molecule has 28 heavy (non-hydrogen) atoms. The molecule has 0 radical (unpaired) electrons. The highest BCUT2D eigenvalue weighted by Crippen LogP contribution is 2.39. The molecule has 0 aliphatic heterocycles. The summed E-state index contributed by atoms with van der Waals surface area (Å²) in [6, 6.07) is 10.4. The van der Waals surface area contributed by atoms with Crippen molar-refractivity contribution < 1.29 is 4.39 Å². The predicted molar refractivity (Wildman–Crippen MR) is 111 cm³/mol. The average molecular weight is 390 g/mol. The van der Waals surface area contributed by atoms with E-state index in [0.717, 1.165) is 40.0 Å². The van der Waals surface area contributed by atoms with Crippen LogP contribution in [-0.4, -0.2) is 15.0 Å². The molecule has 3 heterocycles. The lowest BCUT2D eigenvalue weighted by molar-refractivity contribution is 0.627. The first kappa shape index (κ1) is 17.3. The van der Waals surface area contributed by atoms with Crippen LogP contribution in [0.25, 0.3) is 21.6 Å². The Labute approximate surface area is 166 Å². The summed E-state index contributed by atoms with van der Waals surface area (Å²) >= 11 is 1.79. The SMILES string of the molecule is Fc1ccc(CNc2nc(-c3ccncc3)nc3sc4c(c23)CCCC4)cc1. The minimum Gasteiger partial charge on any atom is -0.365 e. The van der Waals surface area contributed by atoms with Gasteiger partial charge in [-0.15, -0.1) is 11.3 Å². The maximum Gasteiger partial charge on any atom is 0.163 e. The van der Waals surface area contributed by atoms with Gasteiger partial charge in [-0.2, -0.15) is 0 Å². The lowest BCUT2D eigenvalue weighted by Gasteiger charge is -2.13. The molecule has 1 aromatic carbocycles. The Balaban J connectivity index is 1.59. The van der Waals surface area contributed by atoms with Gasteiger partial charge < -0.3 is 5.32 Å². The Morgan fingerprint density at radius 1 is 0.964 bits per heavy atom. The molecule has 0 atom stereocenters. The zero-order valence-corrected chi connectivity index (χ0v) is 16.1. The summed E-state index contributed by atoms with van der Waals surface area (Å²) in [4.78, 5) is 16.3. The van der Waals surface area contributed by atoms with E-state index in [-0.39, 0.29) is 5.82 Å². The molecule has 0 fully saturated rings. The van der Waals surface area contributed by atoms with E-state index >= 15 is 0 Å². The Hall–Kier alpha value is -2.86. The van der Waals surface area contributed by atoms with Crippen LogP contribution in [-0.2, 0) is 19.4 Å². The van der Waals surface area contributed by atoms with Crippen LogP contribution < -0.4 is 5.32 Å². The summed E-state index contributed by atoms with van der Waals surface area (Å²) in [5.41, 5.74) is 3.37. The fourth-order valence-corrected chi connectivity index (χ4v) is 4.96. The summed E-state index contributed by atoms with van der Waals surface area (Å²) in [6.07, 6.45) is 8.17. The molecule has 1 N–H and O–H groups in total. The van der Waals surface area contributed by atoms with Crippen LogP contribution >= 0.6 is 11.3 Å². The van der Waals surface area contributed by atoms with E-state index in [9.17, 15) is 4.39 Å². The van der Waals surface area contributed by atoms with Gasteiger partial charge in [0.25, 0.3) is 0 Å². The molecule has 6 heteroatoms. The lowest BCUT2D eigenvalue weighted by Crippen LogP contribution is -2.05. The zero-order valence-electron chi connectivity index (χ0n) is 15.3. The summed E-state index contributed by atoms with van der Waals surface area (Å²) in [7, 11) is 0. The number of nitrogens with zero attached hydrogens (tertiary/aromatic N) is 3. The normalized spacial score (nSPS) is 13.5. The third kappa shape index (κ3) is 3.24. The minimum atomic E-state index is -0.222. The quantitative estimate of drug-likeness (QED) is 0.508. The number of anilines is 1. The summed E-state index contributed by atoms with van der Waals surface area (Å²) in [5.74, 6) is 1.34. The van der Waals surface area contributed by atoms with Gasteiger partial charge in [0.1, 0.15) is 16.5 Å². The number of benzene rings is 1. The molecule has 3 aromatic heterocycles. The van der Waals surface area contributed by atoms with Crippen molar-refractivity contribution in [2.45, 2.75) is 32.2 Å². The first-order valence-corrected chi connectivity index (χ1v) is 10.3. The summed E-state index contributed by atoms with van der Waals surface area (Å²) < 4.78 is 13.2. The second-order valence-corrected chi connectivity index (χ2v) is 8.09. The molecular formula is C22H19FN4S. The molecule has 0 bridgehead atoms. The molecule has 5 rings (SSSR count). The second-order valence-electron chi connectivity index (χ2n) is 7.00. The van der Waals surface area contributed by atoms with Crippen LogP contribution in [0.2, 0.25) is 0 Å². The molecule has 4 nitrogen and oxygen atoms in total. The smallest absolute Gasteiger partial charge is 0.163 e. The lowest BCUT2D eigenvalue weighted by atomic mass is 9.97. The highest BCUT2D eigenvalue weighted by Gasteiger charge is 2.21. The van der Waals surface area contributed by atoms with Gasteiger partial charge in [0.15, 0.2) is 5.82 Å². The molecule has 1 aliphatic rings. The molecule has 1 aliphatic carbocycles. The van der Waals surface area contributed by atoms with Crippen LogP contribution in [0.1, 0.15) is 28.8 Å². The number of pyridine rings is 1. The van der Waals surface area contributed by atoms with Crippen molar-refractivity contribution in [3.8, 4) is 11.4 Å². The van der Waals surface area contributed by atoms with Crippen molar-refractivity contribution in [2.24, 2.45) is 0 Å². The maximum atomic E-state index is 13.2. The first-order valence-electron chi connectivity index (χ1n) is 9.49. The van der Waals surface area contributed by atoms with E-state index in [0.29, 0.717) is 12.4 Å². The molecule has 0 spiro atoms. The van der Waals surface area contributed by atoms with Crippen LogP contribution in [0.3, 0.4) is 0 Å². The van der Waals surface area contributed by atoms with Crippen molar-refractivity contribution in [3.63, 3.8) is 0 Å². The Bertz CT molecular complexity index is 1120. The van der Waals surface area contributed by atoms with Crippen LogP contribution in [0.5, 0.6) is 0 Å². The van der Waals surface area contributed by atoms with Crippen molar-refractivity contribution in [2.75, 3.05) is 5.32 Å². The fraction of sp³-hybridized carbons (Fsp3) is 0.227. The topological polar surface area (TPSA) is 50.7 Å². The molecule has 140 valence electrons. The van der Waals surface area contributed by atoms with E-state index in [1.807, 2.05) is 12.1 Å². The summed E-state index contributed by atoms with van der Waals surface area (Å²) in [5, 5.41) is 4.64. The van der Waals surface area contributed by atoms with E-state index in [2.05, 4.69) is 10.3 Å². The van der Waals surface area contributed by atoms with E-state index < -0.39 is 0 Å². The fourth-order valence-electron chi connectivity index (χ4n) is 3.70. The first-order chi connectivity index (χ1) is 13.8. The molecule has 0 saturated carbocycles. The van der Waals surface area contributed by atoms with Gasteiger partial charge in [-0.25, -0.2) is 14.4 Å². The number of rotatable bonds is 4. The number of fused-ring (bicyclic) bond motifs is 3. The average Bonchev–Trinajstić information content (AvgIpc) is 3.12. The van der Waals surface area contributed by atoms with E-state index in [1.54, 1.807) is 35.9 Å². The van der Waals surface area contributed by atoms with Crippen molar-refractivity contribution in [3.05, 3.63) is 70.6 Å². The minimum absolute atomic E-state index is 0.222. The van der Waals surface area contributed by atoms with Crippen LogP contribution in [0.4, 0.5) is 10.2 Å². The largest absolute Gasteiger partial charge is 0.365 e. The highest BCUT2D eigenvalue weighted by atomic mass is 32.1. The van der Waals surface area contributed by atoms with Gasteiger partial charge in [0.2, 0.25) is 0 Å². The number of thiophene rings is 1. The number of hydrogen-bond acceptors (Lipinski definition) is 5. The van der Waals surface area contributed by atoms with Gasteiger partial charge in [-0.05, 0) is 61.1 Å². The molecule has 0 saturated heterocycles. The third-order valence-electron chi connectivity index (χ3n) is 5.13. The zero-order chi connectivity index (χ0) is 18.9. The molecule has 0 amide bonds. The number of aryl methyl sites for hydroxylation is 2. The standard InChI is InChI=1S/C22H19FN4S/c23-16-7-5-14(6-8-16)13-25-21-19-17-3-1-2-4-18(17)28-22(19)27-20(26-21)15-9-11-24-12-10-15/h5-12H,1-4,13H2,(H,25,26,27). The molecular weight excluding hydrogens is 371 g/mol. The van der Waals surface area contributed by atoms with Gasteiger partial charge in [0.05, 0.1) is 5.39 Å². The maximum absolute atomic E-state index is 13.2. The Morgan fingerprint density at radius 3 is 2.57 bits per heavy atom. The van der Waals surface area contributed by atoms with Gasteiger partial charge >= 0.3 is 0 Å². The molecule has 0 unspecified atom stereocenters. The number of halogens is 1. The van der Waals surface area contributed by atoms with Crippen molar-refractivity contribution in [1.29, 1.82) is 0 Å². The summed E-state index contributed by atoms with van der Waals surface area (Å²) in [6.45, 7) is 0.590. The Morgan fingerprint density at radius 2 is 1.75 bits per heavy atom. The predicted octanol–water partition coefficient (Wildman–Crippen LogP) is 5.38. The number of aromatic nitrogens is 3. The third-order valence-corrected chi connectivity index (χ3v) is 6.31. The van der Waals surface area contributed by atoms with Crippen molar-refractivity contribution in [1.82, 2.24) is 15.0 Å². The van der Waals surface area contributed by atoms with Crippen molar-refractivity contribution >= 4 is 27.4 Å².